The van der Waals surface area contributed by atoms with Crippen molar-refractivity contribution in [2.24, 2.45) is 5.92 Å². The van der Waals surface area contributed by atoms with Crippen LogP contribution >= 0.6 is 21.6 Å². The average molecular weight is 170 g/mol. The summed E-state index contributed by atoms with van der Waals surface area (Å²) in [7, 11) is 3.82. The van der Waals surface area contributed by atoms with Gasteiger partial charge in [0.05, 0.1) is 0 Å². The van der Waals surface area contributed by atoms with Crippen LogP contribution in [0.15, 0.2) is 21.5 Å². The SMILES string of the molecule is CC(C)C1=C2CC2=CSS1. The third-order valence-corrected chi connectivity index (χ3v) is 4.27. The standard InChI is InChI=1S/C8H10S2/c1-5(2)8-7-3-6(7)4-9-10-8/h4-5H,3H2,1-2H3. The molecule has 0 bridgehead atoms. The summed E-state index contributed by atoms with van der Waals surface area (Å²) in [5.41, 5.74) is 3.23. The highest BCUT2D eigenvalue weighted by Gasteiger charge is 2.29. The number of hydrogen-bond donors (Lipinski definition) is 0. The quantitative estimate of drug-likeness (QED) is 0.552. The Hall–Kier alpha value is 0.180. The average Bonchev–Trinajstić information content (AvgIpc) is 2.63. The van der Waals surface area contributed by atoms with E-state index in [1.54, 1.807) is 16.1 Å². The second-order valence-electron chi connectivity index (χ2n) is 3.00. The van der Waals surface area contributed by atoms with E-state index in [0.29, 0.717) is 0 Å². The number of hydrogen-bond acceptors (Lipinski definition) is 2. The van der Waals surface area contributed by atoms with Crippen molar-refractivity contribution in [2.45, 2.75) is 20.3 Å². The Morgan fingerprint density at radius 3 is 2.90 bits per heavy atom. The van der Waals surface area contributed by atoms with E-state index < -0.39 is 0 Å². The van der Waals surface area contributed by atoms with E-state index in [1.807, 2.05) is 21.6 Å². The van der Waals surface area contributed by atoms with E-state index in [-0.39, 0.29) is 0 Å². The largest absolute Gasteiger partial charge is 0.0605 e. The van der Waals surface area contributed by atoms with Gasteiger partial charge in [0, 0.05) is 4.91 Å². The Kier molecular flexibility index (Phi) is 1.61. The van der Waals surface area contributed by atoms with E-state index in [2.05, 4.69) is 19.3 Å². The van der Waals surface area contributed by atoms with Gasteiger partial charge in [-0.3, -0.25) is 0 Å². The van der Waals surface area contributed by atoms with Crippen LogP contribution in [0.4, 0.5) is 0 Å². The normalized spacial score (nSPS) is 22.9. The maximum atomic E-state index is 2.28. The third kappa shape index (κ3) is 1.04. The molecule has 0 saturated heterocycles. The molecular weight excluding hydrogens is 160 g/mol. The van der Waals surface area contributed by atoms with Crippen molar-refractivity contribution in [1.29, 1.82) is 0 Å². The summed E-state index contributed by atoms with van der Waals surface area (Å²) in [6.07, 6.45) is 1.27. The molecule has 0 unspecified atom stereocenters. The predicted molar refractivity (Wildman–Crippen MR) is 49.7 cm³/mol. The molecule has 0 aromatic heterocycles. The van der Waals surface area contributed by atoms with E-state index in [0.717, 1.165) is 5.92 Å². The van der Waals surface area contributed by atoms with Crippen molar-refractivity contribution in [2.75, 3.05) is 0 Å². The molecule has 0 nitrogen and oxygen atoms in total. The summed E-state index contributed by atoms with van der Waals surface area (Å²) in [6.45, 7) is 4.55. The first-order valence-corrected chi connectivity index (χ1v) is 5.76. The Morgan fingerprint density at radius 2 is 2.30 bits per heavy atom. The molecule has 0 atom stereocenters. The van der Waals surface area contributed by atoms with E-state index in [1.165, 1.54) is 6.42 Å². The Balaban J connectivity index is 2.29. The van der Waals surface area contributed by atoms with Crippen molar-refractivity contribution < 1.29 is 0 Å². The van der Waals surface area contributed by atoms with Crippen molar-refractivity contribution in [1.82, 2.24) is 0 Å². The lowest BCUT2D eigenvalue weighted by Crippen LogP contribution is -1.88. The van der Waals surface area contributed by atoms with Crippen LogP contribution in [0.5, 0.6) is 0 Å². The molecule has 1 aliphatic heterocycles. The molecule has 0 radical (unpaired) electrons. The fraction of sp³-hybridized carbons (Fsp3) is 0.500. The van der Waals surface area contributed by atoms with Gasteiger partial charge in [-0.2, -0.15) is 0 Å². The van der Waals surface area contributed by atoms with E-state index in [9.17, 15) is 0 Å². The van der Waals surface area contributed by atoms with Gasteiger partial charge in [-0.25, -0.2) is 0 Å². The summed E-state index contributed by atoms with van der Waals surface area (Å²) < 4.78 is 0. The summed E-state index contributed by atoms with van der Waals surface area (Å²) in [6, 6.07) is 0. The first kappa shape index (κ1) is 6.86. The van der Waals surface area contributed by atoms with Crippen molar-refractivity contribution in [3.63, 3.8) is 0 Å². The van der Waals surface area contributed by atoms with E-state index >= 15 is 0 Å². The highest BCUT2D eigenvalue weighted by Crippen LogP contribution is 2.54. The van der Waals surface area contributed by atoms with Crippen LogP contribution in [-0.4, -0.2) is 0 Å². The Labute approximate surface area is 69.5 Å². The maximum Gasteiger partial charge on any atom is 0.00252 e. The molecule has 2 rings (SSSR count). The van der Waals surface area contributed by atoms with Crippen LogP contribution in [0.1, 0.15) is 20.3 Å². The fourth-order valence-electron chi connectivity index (χ4n) is 1.13. The molecule has 0 aromatic rings. The molecule has 2 aliphatic rings. The van der Waals surface area contributed by atoms with Gasteiger partial charge in [-0.05, 0) is 28.9 Å². The zero-order valence-electron chi connectivity index (χ0n) is 6.18. The van der Waals surface area contributed by atoms with Crippen molar-refractivity contribution in [3.8, 4) is 0 Å². The minimum absolute atomic E-state index is 0.735. The van der Waals surface area contributed by atoms with Gasteiger partial charge in [-0.1, -0.05) is 35.4 Å². The Bertz CT molecular complexity index is 223. The van der Waals surface area contributed by atoms with Crippen molar-refractivity contribution >= 4 is 21.6 Å². The summed E-state index contributed by atoms with van der Waals surface area (Å²) >= 11 is 0. The van der Waals surface area contributed by atoms with Crippen LogP contribution in [0.2, 0.25) is 0 Å². The monoisotopic (exact) mass is 170 g/mol. The van der Waals surface area contributed by atoms with Crippen LogP contribution in [-0.2, 0) is 0 Å². The molecule has 54 valence electrons. The molecule has 0 aromatic carbocycles. The summed E-state index contributed by atoms with van der Waals surface area (Å²) in [5, 5.41) is 2.28. The second kappa shape index (κ2) is 2.35. The van der Waals surface area contributed by atoms with Gasteiger partial charge in [0.1, 0.15) is 0 Å². The van der Waals surface area contributed by atoms with E-state index in [4.69, 9.17) is 0 Å². The maximum absolute atomic E-state index is 2.28. The van der Waals surface area contributed by atoms with Gasteiger partial charge in [0.25, 0.3) is 0 Å². The molecule has 10 heavy (non-hydrogen) atoms. The van der Waals surface area contributed by atoms with Gasteiger partial charge in [0.2, 0.25) is 0 Å². The summed E-state index contributed by atoms with van der Waals surface area (Å²) in [4.78, 5) is 1.61. The molecular formula is C8H10S2. The van der Waals surface area contributed by atoms with Crippen molar-refractivity contribution in [3.05, 3.63) is 21.5 Å². The first-order chi connectivity index (χ1) is 4.79. The number of rotatable bonds is 1. The number of fused-ring (bicyclic) bond motifs is 1. The van der Waals surface area contributed by atoms with Gasteiger partial charge in [-0.15, -0.1) is 0 Å². The summed E-state index contributed by atoms with van der Waals surface area (Å²) in [5.74, 6) is 0.735. The molecule has 0 N–H and O–H groups in total. The third-order valence-electron chi connectivity index (χ3n) is 1.78. The lowest BCUT2D eigenvalue weighted by molar-refractivity contribution is 0.815. The lowest BCUT2D eigenvalue weighted by atomic mass is 10.2. The highest BCUT2D eigenvalue weighted by molar-refractivity contribution is 8.79. The molecule has 0 spiro atoms. The molecule has 1 heterocycles. The molecule has 1 aliphatic carbocycles. The lowest BCUT2D eigenvalue weighted by Gasteiger charge is -2.09. The number of allylic oxidation sites excluding steroid dienone is 3. The van der Waals surface area contributed by atoms with Crippen LogP contribution in [0, 0.1) is 5.92 Å². The Morgan fingerprint density at radius 1 is 1.50 bits per heavy atom. The molecule has 2 heteroatoms. The van der Waals surface area contributed by atoms with Gasteiger partial charge < -0.3 is 0 Å². The van der Waals surface area contributed by atoms with Gasteiger partial charge in [0.15, 0.2) is 0 Å². The first-order valence-electron chi connectivity index (χ1n) is 3.55. The minimum Gasteiger partial charge on any atom is -0.0605 e. The van der Waals surface area contributed by atoms with Crippen LogP contribution < -0.4 is 0 Å². The van der Waals surface area contributed by atoms with Crippen LogP contribution in [0.25, 0.3) is 0 Å². The zero-order valence-corrected chi connectivity index (χ0v) is 7.81. The highest BCUT2D eigenvalue weighted by atomic mass is 33.1. The predicted octanol–water partition coefficient (Wildman–Crippen LogP) is 3.58. The topological polar surface area (TPSA) is 0 Å². The molecule has 1 fully saturated rings. The fourth-order valence-corrected chi connectivity index (χ4v) is 3.81. The molecule has 1 saturated carbocycles. The zero-order chi connectivity index (χ0) is 7.14. The van der Waals surface area contributed by atoms with Crippen LogP contribution in [0.3, 0.4) is 0 Å². The molecule has 0 amide bonds. The second-order valence-corrected chi connectivity index (χ2v) is 5.11. The smallest absolute Gasteiger partial charge is 0.00252 e. The van der Waals surface area contributed by atoms with Gasteiger partial charge >= 0.3 is 0 Å². The minimum atomic E-state index is 0.735.